The van der Waals surface area contributed by atoms with Crippen LogP contribution in [0.25, 0.3) is 5.82 Å². The second kappa shape index (κ2) is 11.3. The van der Waals surface area contributed by atoms with Crippen LogP contribution in [0.1, 0.15) is 12.5 Å². The minimum atomic E-state index is -0.372. The van der Waals surface area contributed by atoms with E-state index in [0.717, 1.165) is 11.4 Å². The van der Waals surface area contributed by atoms with E-state index in [4.69, 9.17) is 4.74 Å². The molecule has 7 nitrogen and oxygen atoms in total. The maximum absolute atomic E-state index is 13.7. The lowest BCUT2D eigenvalue weighted by molar-refractivity contribution is 0.214. The number of pyridine rings is 1. The third-order valence-corrected chi connectivity index (χ3v) is 3.98. The van der Waals surface area contributed by atoms with Crippen LogP contribution in [-0.4, -0.2) is 40.2 Å². The number of hydrogen-bond donors (Lipinski definition) is 2. The number of imidazole rings is 1. The van der Waals surface area contributed by atoms with Crippen LogP contribution in [0.5, 0.6) is 5.75 Å². The topological polar surface area (TPSA) is 76.4 Å². The number of benzene rings is 1. The average Bonchev–Trinajstić information content (AvgIpc) is 3.25. The van der Waals surface area contributed by atoms with Crippen LogP contribution in [0.15, 0.2) is 66.3 Å². The Labute approximate surface area is 186 Å². The van der Waals surface area contributed by atoms with E-state index in [0.29, 0.717) is 19.0 Å². The summed E-state index contributed by atoms with van der Waals surface area (Å²) in [5.41, 5.74) is 1.05. The van der Waals surface area contributed by atoms with E-state index in [2.05, 4.69) is 25.6 Å². The van der Waals surface area contributed by atoms with Gasteiger partial charge in [-0.15, -0.1) is 24.0 Å². The van der Waals surface area contributed by atoms with E-state index in [-0.39, 0.29) is 41.6 Å². The number of aliphatic imine (C=N–C) groups is 1. The maximum Gasteiger partial charge on any atom is 0.191 e. The Kier molecular flexibility index (Phi) is 8.84. The van der Waals surface area contributed by atoms with E-state index < -0.39 is 0 Å². The fourth-order valence-electron chi connectivity index (χ4n) is 2.55. The molecule has 0 saturated heterocycles. The van der Waals surface area contributed by atoms with Crippen LogP contribution in [0.2, 0.25) is 0 Å². The largest absolute Gasteiger partial charge is 0.486 e. The van der Waals surface area contributed by atoms with Crippen molar-refractivity contribution in [2.24, 2.45) is 4.99 Å². The Morgan fingerprint density at radius 1 is 1.24 bits per heavy atom. The number of rotatable bonds is 7. The Balaban J connectivity index is 0.00000300. The zero-order chi connectivity index (χ0) is 19.8. The van der Waals surface area contributed by atoms with E-state index in [1.165, 1.54) is 6.07 Å². The van der Waals surface area contributed by atoms with Gasteiger partial charge >= 0.3 is 0 Å². The van der Waals surface area contributed by atoms with Gasteiger partial charge in [0.1, 0.15) is 18.2 Å². The third kappa shape index (κ3) is 6.70. The number of halogens is 2. The van der Waals surface area contributed by atoms with Gasteiger partial charge in [-0.3, -0.25) is 9.56 Å². The van der Waals surface area contributed by atoms with E-state index in [1.54, 1.807) is 44.0 Å². The van der Waals surface area contributed by atoms with Crippen molar-refractivity contribution in [2.45, 2.75) is 19.6 Å². The van der Waals surface area contributed by atoms with Crippen molar-refractivity contribution in [2.75, 3.05) is 13.6 Å². The Morgan fingerprint density at radius 3 is 2.79 bits per heavy atom. The van der Waals surface area contributed by atoms with Gasteiger partial charge in [0.15, 0.2) is 17.5 Å². The smallest absolute Gasteiger partial charge is 0.191 e. The highest BCUT2D eigenvalue weighted by Crippen LogP contribution is 2.16. The molecular formula is C20H24FIN6O. The fourth-order valence-corrected chi connectivity index (χ4v) is 2.55. The molecule has 0 aliphatic carbocycles. The van der Waals surface area contributed by atoms with Crippen molar-refractivity contribution in [3.05, 3.63) is 72.7 Å². The van der Waals surface area contributed by atoms with Crippen LogP contribution in [0, 0.1) is 5.82 Å². The summed E-state index contributed by atoms with van der Waals surface area (Å²) in [6.45, 7) is 2.92. The van der Waals surface area contributed by atoms with Crippen LogP contribution in [-0.2, 0) is 6.54 Å². The first-order valence-electron chi connectivity index (χ1n) is 8.94. The molecule has 2 aromatic heterocycles. The predicted octanol–water partition coefficient (Wildman–Crippen LogP) is 3.16. The second-order valence-electron chi connectivity index (χ2n) is 6.16. The number of para-hydroxylation sites is 1. The summed E-state index contributed by atoms with van der Waals surface area (Å²) in [4.78, 5) is 12.6. The molecule has 9 heteroatoms. The van der Waals surface area contributed by atoms with Gasteiger partial charge in [-0.2, -0.15) is 0 Å². The van der Waals surface area contributed by atoms with Crippen molar-refractivity contribution in [3.63, 3.8) is 0 Å². The summed E-state index contributed by atoms with van der Waals surface area (Å²) >= 11 is 0. The number of nitrogens with one attached hydrogen (secondary N) is 2. The van der Waals surface area contributed by atoms with E-state index >= 15 is 0 Å². The number of nitrogens with zero attached hydrogens (tertiary/aromatic N) is 4. The summed E-state index contributed by atoms with van der Waals surface area (Å²) < 4.78 is 21.1. The summed E-state index contributed by atoms with van der Waals surface area (Å²) in [6.07, 6.45) is 6.79. The molecule has 3 aromatic rings. The van der Waals surface area contributed by atoms with Gasteiger partial charge in [0.25, 0.3) is 0 Å². The lowest BCUT2D eigenvalue weighted by Gasteiger charge is -2.18. The Morgan fingerprint density at radius 2 is 2.07 bits per heavy atom. The van der Waals surface area contributed by atoms with E-state index in [1.807, 2.05) is 29.8 Å². The van der Waals surface area contributed by atoms with Crippen LogP contribution in [0.4, 0.5) is 4.39 Å². The molecule has 0 aliphatic heterocycles. The molecule has 0 radical (unpaired) electrons. The first kappa shape index (κ1) is 22.6. The molecule has 2 heterocycles. The zero-order valence-corrected chi connectivity index (χ0v) is 18.6. The highest BCUT2D eigenvalue weighted by Gasteiger charge is 2.09. The standard InChI is InChI=1S/C20H23FN6O.HI/c1-15(28-18-6-4-3-5-17(18)21)12-25-20(22-2)26-13-16-7-8-24-19(11-16)27-10-9-23-14-27;/h3-11,14-15H,12-13H2,1-2H3,(H2,22,25,26);1H. The highest BCUT2D eigenvalue weighted by atomic mass is 127. The lowest BCUT2D eigenvalue weighted by Crippen LogP contribution is -2.41. The Hall–Kier alpha value is -2.69. The molecule has 154 valence electrons. The quantitative estimate of drug-likeness (QED) is 0.290. The molecule has 0 aliphatic rings. The van der Waals surface area contributed by atoms with Crippen molar-refractivity contribution in [1.29, 1.82) is 0 Å². The van der Waals surface area contributed by atoms with Crippen molar-refractivity contribution in [1.82, 2.24) is 25.2 Å². The monoisotopic (exact) mass is 510 g/mol. The minimum Gasteiger partial charge on any atom is -0.486 e. The van der Waals surface area contributed by atoms with E-state index in [9.17, 15) is 4.39 Å². The minimum absolute atomic E-state index is 0. The molecule has 1 unspecified atom stereocenters. The molecule has 0 amide bonds. The molecule has 0 spiro atoms. The summed E-state index contributed by atoms with van der Waals surface area (Å²) in [5.74, 6) is 1.29. The number of guanidine groups is 1. The van der Waals surface area contributed by atoms with Gasteiger partial charge in [-0.1, -0.05) is 12.1 Å². The number of hydrogen-bond acceptors (Lipinski definition) is 4. The first-order valence-corrected chi connectivity index (χ1v) is 8.94. The van der Waals surface area contributed by atoms with Crippen LogP contribution < -0.4 is 15.4 Å². The lowest BCUT2D eigenvalue weighted by atomic mass is 10.2. The normalized spacial score (nSPS) is 12.0. The first-order chi connectivity index (χ1) is 13.7. The molecule has 0 bridgehead atoms. The summed E-state index contributed by atoms with van der Waals surface area (Å²) in [7, 11) is 1.70. The number of ether oxygens (including phenoxy) is 1. The third-order valence-electron chi connectivity index (χ3n) is 3.98. The second-order valence-corrected chi connectivity index (χ2v) is 6.16. The van der Waals surface area contributed by atoms with Crippen molar-refractivity contribution >= 4 is 29.9 Å². The van der Waals surface area contributed by atoms with Crippen LogP contribution >= 0.6 is 24.0 Å². The molecule has 0 saturated carbocycles. The molecular weight excluding hydrogens is 486 g/mol. The Bertz CT molecular complexity index is 919. The summed E-state index contributed by atoms with van der Waals surface area (Å²) in [5, 5.41) is 6.43. The molecule has 1 aromatic carbocycles. The maximum atomic E-state index is 13.7. The SMILES string of the molecule is CN=C(NCc1ccnc(-n2ccnc2)c1)NCC(C)Oc1ccccc1F.I. The fraction of sp³-hybridized carbons (Fsp3) is 0.250. The zero-order valence-electron chi connectivity index (χ0n) is 16.2. The summed E-state index contributed by atoms with van der Waals surface area (Å²) in [6, 6.07) is 10.3. The van der Waals surface area contributed by atoms with Gasteiger partial charge < -0.3 is 15.4 Å². The van der Waals surface area contributed by atoms with Gasteiger partial charge in [-0.05, 0) is 36.8 Å². The molecule has 29 heavy (non-hydrogen) atoms. The molecule has 2 N–H and O–H groups in total. The number of aromatic nitrogens is 3. The van der Waals surface area contributed by atoms with Gasteiger partial charge in [0, 0.05) is 32.2 Å². The van der Waals surface area contributed by atoms with Gasteiger partial charge in [0.2, 0.25) is 0 Å². The van der Waals surface area contributed by atoms with Gasteiger partial charge in [-0.25, -0.2) is 14.4 Å². The predicted molar refractivity (Wildman–Crippen MR) is 121 cm³/mol. The average molecular weight is 510 g/mol. The van der Waals surface area contributed by atoms with Gasteiger partial charge in [0.05, 0.1) is 6.54 Å². The van der Waals surface area contributed by atoms with Crippen molar-refractivity contribution < 1.29 is 9.13 Å². The highest BCUT2D eigenvalue weighted by molar-refractivity contribution is 14.0. The molecule has 1 atom stereocenters. The molecule has 0 fully saturated rings. The van der Waals surface area contributed by atoms with Crippen LogP contribution in [0.3, 0.4) is 0 Å². The molecule has 3 rings (SSSR count). The van der Waals surface area contributed by atoms with Crippen molar-refractivity contribution in [3.8, 4) is 11.6 Å².